The number of nitro benzene ring substituents is 1. The van der Waals surface area contributed by atoms with Crippen molar-refractivity contribution in [3.63, 3.8) is 0 Å². The van der Waals surface area contributed by atoms with E-state index in [1.807, 2.05) is 0 Å². The molecular formula is C20H20FN3O3. The summed E-state index contributed by atoms with van der Waals surface area (Å²) in [5.74, 6) is -0.911. The SMILES string of the molecule is O=C(/C=C/c1ccccc1[N+](=O)[O-])Nc1cc(F)ccc1N1CCCCC1. The fraction of sp³-hybridized carbons (Fsp3) is 0.250. The molecule has 7 heteroatoms. The molecule has 1 heterocycles. The van der Waals surface area contributed by atoms with E-state index in [2.05, 4.69) is 10.2 Å². The molecule has 3 rings (SSSR count). The van der Waals surface area contributed by atoms with Gasteiger partial charge in [0.2, 0.25) is 5.91 Å². The molecule has 0 bridgehead atoms. The van der Waals surface area contributed by atoms with Gasteiger partial charge in [-0.25, -0.2) is 4.39 Å². The number of nitro groups is 1. The van der Waals surface area contributed by atoms with Crippen LogP contribution < -0.4 is 10.2 Å². The second-order valence-electron chi connectivity index (χ2n) is 6.35. The minimum absolute atomic E-state index is 0.0821. The van der Waals surface area contributed by atoms with Gasteiger partial charge in [0.1, 0.15) is 5.82 Å². The van der Waals surface area contributed by atoms with E-state index in [0.717, 1.165) is 38.0 Å². The summed E-state index contributed by atoms with van der Waals surface area (Å²) in [6, 6.07) is 10.5. The Hall–Kier alpha value is -3.22. The van der Waals surface area contributed by atoms with Gasteiger partial charge in [0.15, 0.2) is 0 Å². The van der Waals surface area contributed by atoms with Crippen molar-refractivity contribution in [2.24, 2.45) is 0 Å². The lowest BCUT2D eigenvalue weighted by molar-refractivity contribution is -0.385. The molecule has 0 aliphatic carbocycles. The predicted molar refractivity (Wildman–Crippen MR) is 103 cm³/mol. The number of nitrogens with zero attached hydrogens (tertiary/aromatic N) is 2. The average Bonchev–Trinajstić information content (AvgIpc) is 2.67. The van der Waals surface area contributed by atoms with Crippen LogP contribution in [0.1, 0.15) is 24.8 Å². The smallest absolute Gasteiger partial charge is 0.276 e. The van der Waals surface area contributed by atoms with Crippen LogP contribution in [0.4, 0.5) is 21.5 Å². The number of para-hydroxylation sites is 1. The van der Waals surface area contributed by atoms with Crippen LogP contribution in [0.5, 0.6) is 0 Å². The molecule has 1 saturated heterocycles. The highest BCUT2D eigenvalue weighted by Gasteiger charge is 2.16. The first-order valence-electron chi connectivity index (χ1n) is 8.81. The summed E-state index contributed by atoms with van der Waals surface area (Å²) >= 11 is 0. The Morgan fingerprint density at radius 1 is 1.15 bits per heavy atom. The van der Waals surface area contributed by atoms with Crippen LogP contribution in [0, 0.1) is 15.9 Å². The van der Waals surface area contributed by atoms with Gasteiger partial charge in [-0.15, -0.1) is 0 Å². The first kappa shape index (κ1) is 18.6. The second kappa shape index (κ2) is 8.44. The standard InChI is InChI=1S/C20H20FN3O3/c21-16-9-10-19(23-12-4-1-5-13-23)17(14-16)22-20(25)11-8-15-6-2-3-7-18(15)24(26)27/h2-3,6-11,14H,1,4-5,12-13H2,(H,22,25)/b11-8+. The van der Waals surface area contributed by atoms with Crippen molar-refractivity contribution in [2.45, 2.75) is 19.3 Å². The largest absolute Gasteiger partial charge is 0.370 e. The van der Waals surface area contributed by atoms with Crippen molar-refractivity contribution >= 4 is 29.0 Å². The van der Waals surface area contributed by atoms with Crippen LogP contribution >= 0.6 is 0 Å². The zero-order valence-corrected chi connectivity index (χ0v) is 14.7. The van der Waals surface area contributed by atoms with E-state index in [4.69, 9.17) is 0 Å². The van der Waals surface area contributed by atoms with Gasteiger partial charge in [-0.05, 0) is 49.6 Å². The van der Waals surface area contributed by atoms with E-state index < -0.39 is 16.6 Å². The first-order chi connectivity index (χ1) is 13.0. The van der Waals surface area contributed by atoms with Gasteiger partial charge in [-0.2, -0.15) is 0 Å². The van der Waals surface area contributed by atoms with Crippen LogP contribution in [-0.2, 0) is 4.79 Å². The van der Waals surface area contributed by atoms with Crippen molar-refractivity contribution < 1.29 is 14.1 Å². The van der Waals surface area contributed by atoms with Gasteiger partial charge in [-0.3, -0.25) is 14.9 Å². The molecular weight excluding hydrogens is 349 g/mol. The normalized spacial score (nSPS) is 14.3. The maximum absolute atomic E-state index is 13.7. The van der Waals surface area contributed by atoms with Crippen LogP contribution in [-0.4, -0.2) is 23.9 Å². The van der Waals surface area contributed by atoms with Crippen molar-refractivity contribution in [3.05, 3.63) is 70.0 Å². The molecule has 1 aliphatic heterocycles. The number of halogens is 1. The number of benzene rings is 2. The third-order valence-corrected chi connectivity index (χ3v) is 4.46. The van der Waals surface area contributed by atoms with Gasteiger partial charge in [0, 0.05) is 25.2 Å². The summed E-state index contributed by atoms with van der Waals surface area (Å²) in [4.78, 5) is 25.0. The third kappa shape index (κ3) is 4.69. The summed E-state index contributed by atoms with van der Waals surface area (Å²) in [6.07, 6.45) is 5.88. The molecule has 0 saturated carbocycles. The number of anilines is 2. The van der Waals surface area contributed by atoms with Gasteiger partial charge in [0.25, 0.3) is 5.69 Å². The Kier molecular flexibility index (Phi) is 5.80. The Balaban J connectivity index is 1.78. The molecule has 6 nitrogen and oxygen atoms in total. The lowest BCUT2D eigenvalue weighted by atomic mass is 10.1. The number of hydrogen-bond donors (Lipinski definition) is 1. The molecule has 1 amide bonds. The Morgan fingerprint density at radius 2 is 1.89 bits per heavy atom. The quantitative estimate of drug-likeness (QED) is 0.482. The summed E-state index contributed by atoms with van der Waals surface area (Å²) in [6.45, 7) is 1.72. The number of rotatable bonds is 5. The maximum atomic E-state index is 13.7. The molecule has 27 heavy (non-hydrogen) atoms. The van der Waals surface area contributed by atoms with Crippen molar-refractivity contribution in [2.75, 3.05) is 23.3 Å². The van der Waals surface area contributed by atoms with E-state index in [1.54, 1.807) is 24.3 Å². The summed E-state index contributed by atoms with van der Waals surface area (Å²) in [5.41, 5.74) is 1.42. The van der Waals surface area contributed by atoms with E-state index in [-0.39, 0.29) is 5.69 Å². The number of piperidine rings is 1. The van der Waals surface area contributed by atoms with Crippen LogP contribution in [0.25, 0.3) is 6.08 Å². The average molecular weight is 369 g/mol. The fourth-order valence-electron chi connectivity index (χ4n) is 3.15. The van der Waals surface area contributed by atoms with Crippen LogP contribution in [0.2, 0.25) is 0 Å². The van der Waals surface area contributed by atoms with Gasteiger partial charge in [0.05, 0.1) is 21.9 Å². The molecule has 1 fully saturated rings. The maximum Gasteiger partial charge on any atom is 0.276 e. The molecule has 1 N–H and O–H groups in total. The van der Waals surface area contributed by atoms with Crippen LogP contribution in [0.15, 0.2) is 48.5 Å². The molecule has 2 aromatic carbocycles. The molecule has 1 aliphatic rings. The molecule has 0 atom stereocenters. The second-order valence-corrected chi connectivity index (χ2v) is 6.35. The van der Waals surface area contributed by atoms with Gasteiger partial charge in [-0.1, -0.05) is 12.1 Å². The summed E-state index contributed by atoms with van der Waals surface area (Å²) in [5, 5.41) is 13.7. The molecule has 0 radical (unpaired) electrons. The Morgan fingerprint density at radius 3 is 2.63 bits per heavy atom. The van der Waals surface area contributed by atoms with Crippen LogP contribution in [0.3, 0.4) is 0 Å². The first-order valence-corrected chi connectivity index (χ1v) is 8.81. The molecule has 0 unspecified atom stereocenters. The summed E-state index contributed by atoms with van der Waals surface area (Å²) in [7, 11) is 0. The van der Waals surface area contributed by atoms with Crippen molar-refractivity contribution in [3.8, 4) is 0 Å². The van der Waals surface area contributed by atoms with Crippen molar-refractivity contribution in [1.29, 1.82) is 0 Å². The lowest BCUT2D eigenvalue weighted by Gasteiger charge is -2.30. The molecule has 140 valence electrons. The highest BCUT2D eigenvalue weighted by atomic mass is 19.1. The Bertz CT molecular complexity index is 877. The Labute approximate surface area is 156 Å². The van der Waals surface area contributed by atoms with E-state index >= 15 is 0 Å². The molecule has 0 aromatic heterocycles. The topological polar surface area (TPSA) is 75.5 Å². The zero-order valence-electron chi connectivity index (χ0n) is 14.7. The fourth-order valence-corrected chi connectivity index (χ4v) is 3.15. The number of amides is 1. The van der Waals surface area contributed by atoms with E-state index in [0.29, 0.717) is 11.3 Å². The highest BCUT2D eigenvalue weighted by Crippen LogP contribution is 2.29. The highest BCUT2D eigenvalue weighted by molar-refractivity contribution is 6.04. The monoisotopic (exact) mass is 369 g/mol. The molecule has 2 aromatic rings. The number of nitrogens with one attached hydrogen (secondary N) is 1. The van der Waals surface area contributed by atoms with Gasteiger partial charge >= 0.3 is 0 Å². The van der Waals surface area contributed by atoms with Gasteiger partial charge < -0.3 is 10.2 Å². The molecule has 0 spiro atoms. The van der Waals surface area contributed by atoms with Crippen molar-refractivity contribution in [1.82, 2.24) is 0 Å². The van der Waals surface area contributed by atoms with E-state index in [9.17, 15) is 19.3 Å². The number of hydrogen-bond acceptors (Lipinski definition) is 4. The number of carbonyl (C=O) groups excluding carboxylic acids is 1. The summed E-state index contributed by atoms with van der Waals surface area (Å²) < 4.78 is 13.7. The predicted octanol–water partition coefficient (Wildman–Crippen LogP) is 4.38. The van der Waals surface area contributed by atoms with E-state index in [1.165, 1.54) is 30.4 Å². The third-order valence-electron chi connectivity index (χ3n) is 4.46. The minimum Gasteiger partial charge on any atom is -0.370 e. The lowest BCUT2D eigenvalue weighted by Crippen LogP contribution is -2.30. The zero-order chi connectivity index (χ0) is 19.2. The number of carbonyl (C=O) groups is 1. The minimum atomic E-state index is -0.501.